The second-order valence-corrected chi connectivity index (χ2v) is 4.44. The van der Waals surface area contributed by atoms with Crippen molar-refractivity contribution in [2.75, 3.05) is 7.11 Å². The van der Waals surface area contributed by atoms with Crippen LogP contribution < -0.4 is 0 Å². The highest BCUT2D eigenvalue weighted by Gasteiger charge is 2.10. The molecule has 0 aliphatic carbocycles. The first-order valence-corrected chi connectivity index (χ1v) is 6.18. The van der Waals surface area contributed by atoms with Gasteiger partial charge in [0, 0.05) is 11.1 Å². The molecule has 0 aliphatic heterocycles. The van der Waals surface area contributed by atoms with E-state index >= 15 is 0 Å². The number of hydrogen-bond donors (Lipinski definition) is 1. The average molecular weight is 267 g/mol. The predicted molar refractivity (Wildman–Crippen MR) is 76.3 cm³/mol. The highest BCUT2D eigenvalue weighted by molar-refractivity contribution is 5.91. The monoisotopic (exact) mass is 267 g/mol. The van der Waals surface area contributed by atoms with Crippen molar-refractivity contribution in [2.45, 2.75) is 0 Å². The number of rotatable bonds is 2. The molecule has 1 N–H and O–H groups in total. The Morgan fingerprint density at radius 1 is 1.15 bits per heavy atom. The lowest BCUT2D eigenvalue weighted by Crippen LogP contribution is -2.02. The van der Waals surface area contributed by atoms with Crippen molar-refractivity contribution in [3.8, 4) is 11.4 Å². The number of aromatic hydroxyl groups is 1. The lowest BCUT2D eigenvalue weighted by Gasteiger charge is -2.06. The van der Waals surface area contributed by atoms with E-state index in [1.807, 2.05) is 34.9 Å². The molecule has 0 spiro atoms. The van der Waals surface area contributed by atoms with Gasteiger partial charge < -0.3 is 14.4 Å². The Balaban J connectivity index is 2.19. The molecule has 1 heterocycles. The molecule has 0 aliphatic rings. The summed E-state index contributed by atoms with van der Waals surface area (Å²) in [6.07, 6.45) is 1.64. The molecule has 0 saturated heterocycles. The van der Waals surface area contributed by atoms with Crippen molar-refractivity contribution in [3.05, 3.63) is 60.3 Å². The van der Waals surface area contributed by atoms with E-state index in [0.717, 1.165) is 16.6 Å². The highest BCUT2D eigenvalue weighted by atomic mass is 16.5. The molecule has 0 fully saturated rings. The molecule has 0 unspecified atom stereocenters. The zero-order valence-electron chi connectivity index (χ0n) is 10.9. The topological polar surface area (TPSA) is 51.5 Å². The van der Waals surface area contributed by atoms with Crippen LogP contribution in [0.1, 0.15) is 10.4 Å². The van der Waals surface area contributed by atoms with Crippen LogP contribution in [0.4, 0.5) is 0 Å². The number of ether oxygens (including phenoxy) is 1. The number of carbonyl (C=O) groups is 1. The first-order valence-electron chi connectivity index (χ1n) is 6.18. The molecule has 0 amide bonds. The van der Waals surface area contributed by atoms with Crippen LogP contribution in [0.3, 0.4) is 0 Å². The number of nitrogens with zero attached hydrogens (tertiary/aromatic N) is 1. The van der Waals surface area contributed by atoms with E-state index in [-0.39, 0.29) is 11.7 Å². The number of carbonyl (C=O) groups excluding carboxylic acids is 1. The Labute approximate surface area is 115 Å². The second kappa shape index (κ2) is 4.74. The Kier molecular flexibility index (Phi) is 2.91. The molecular weight excluding hydrogens is 254 g/mol. The molecule has 1 aromatic heterocycles. The number of esters is 1. The number of aromatic nitrogens is 1. The van der Waals surface area contributed by atoms with Crippen LogP contribution >= 0.6 is 0 Å². The summed E-state index contributed by atoms with van der Waals surface area (Å²) in [6, 6.07) is 14.6. The van der Waals surface area contributed by atoms with Crippen LogP contribution in [-0.2, 0) is 4.74 Å². The van der Waals surface area contributed by atoms with Gasteiger partial charge in [0.2, 0.25) is 0 Å². The molecule has 4 nitrogen and oxygen atoms in total. The Morgan fingerprint density at radius 3 is 2.75 bits per heavy atom. The normalized spacial score (nSPS) is 10.7. The zero-order chi connectivity index (χ0) is 14.1. The number of hydrogen-bond acceptors (Lipinski definition) is 3. The Hall–Kier alpha value is -2.75. The van der Waals surface area contributed by atoms with E-state index in [2.05, 4.69) is 0 Å². The summed E-state index contributed by atoms with van der Waals surface area (Å²) in [4.78, 5) is 11.6. The van der Waals surface area contributed by atoms with E-state index in [1.54, 1.807) is 24.4 Å². The zero-order valence-corrected chi connectivity index (χ0v) is 10.9. The molecule has 20 heavy (non-hydrogen) atoms. The van der Waals surface area contributed by atoms with Gasteiger partial charge in [0.15, 0.2) is 0 Å². The third kappa shape index (κ3) is 1.91. The standard InChI is InChI=1S/C16H13NO3/c1-20-16(19)11-5-4-6-12(9-11)17-10-15(18)13-7-2-3-8-14(13)17/h2-10,18H,1H3. The van der Waals surface area contributed by atoms with E-state index in [9.17, 15) is 9.90 Å². The van der Waals surface area contributed by atoms with Gasteiger partial charge in [-0.25, -0.2) is 4.79 Å². The first kappa shape index (κ1) is 12.3. The summed E-state index contributed by atoms with van der Waals surface area (Å²) in [5, 5.41) is 10.7. The van der Waals surface area contributed by atoms with Crippen molar-refractivity contribution >= 4 is 16.9 Å². The van der Waals surface area contributed by atoms with Crippen LogP contribution in [0.25, 0.3) is 16.6 Å². The first-order chi connectivity index (χ1) is 9.70. The summed E-state index contributed by atoms with van der Waals surface area (Å²) in [7, 11) is 1.35. The molecule has 100 valence electrons. The largest absolute Gasteiger partial charge is 0.506 e. The third-order valence-electron chi connectivity index (χ3n) is 3.24. The molecule has 0 saturated carbocycles. The van der Waals surface area contributed by atoms with Crippen LogP contribution in [-0.4, -0.2) is 22.8 Å². The van der Waals surface area contributed by atoms with Gasteiger partial charge in [-0.2, -0.15) is 0 Å². The minimum Gasteiger partial charge on any atom is -0.506 e. The van der Waals surface area contributed by atoms with Crippen molar-refractivity contribution in [3.63, 3.8) is 0 Å². The Bertz CT molecular complexity index is 789. The van der Waals surface area contributed by atoms with Gasteiger partial charge >= 0.3 is 5.97 Å². The molecular formula is C16H13NO3. The summed E-state index contributed by atoms with van der Waals surface area (Å²) < 4.78 is 6.57. The van der Waals surface area contributed by atoms with Crippen molar-refractivity contribution < 1.29 is 14.6 Å². The Morgan fingerprint density at radius 2 is 1.95 bits per heavy atom. The fraction of sp³-hybridized carbons (Fsp3) is 0.0625. The maximum absolute atomic E-state index is 11.6. The fourth-order valence-electron chi connectivity index (χ4n) is 2.28. The minimum absolute atomic E-state index is 0.212. The van der Waals surface area contributed by atoms with Crippen LogP contribution in [0.5, 0.6) is 5.75 Å². The lowest BCUT2D eigenvalue weighted by molar-refractivity contribution is 0.0600. The summed E-state index contributed by atoms with van der Waals surface area (Å²) in [6.45, 7) is 0. The van der Waals surface area contributed by atoms with Gasteiger partial charge in [-0.1, -0.05) is 18.2 Å². The minimum atomic E-state index is -0.382. The maximum atomic E-state index is 11.6. The molecule has 4 heteroatoms. The van der Waals surface area contributed by atoms with E-state index in [1.165, 1.54) is 7.11 Å². The summed E-state index contributed by atoms with van der Waals surface area (Å²) >= 11 is 0. The quantitative estimate of drug-likeness (QED) is 0.726. The third-order valence-corrected chi connectivity index (χ3v) is 3.24. The smallest absolute Gasteiger partial charge is 0.337 e. The van der Waals surface area contributed by atoms with E-state index in [0.29, 0.717) is 5.56 Å². The van der Waals surface area contributed by atoms with E-state index in [4.69, 9.17) is 4.74 Å². The van der Waals surface area contributed by atoms with Crippen LogP contribution in [0.2, 0.25) is 0 Å². The van der Waals surface area contributed by atoms with Gasteiger partial charge in [-0.3, -0.25) is 0 Å². The van der Waals surface area contributed by atoms with Crippen molar-refractivity contribution in [1.29, 1.82) is 0 Å². The van der Waals surface area contributed by atoms with E-state index < -0.39 is 0 Å². The second-order valence-electron chi connectivity index (χ2n) is 4.44. The number of fused-ring (bicyclic) bond motifs is 1. The van der Waals surface area contributed by atoms with Gasteiger partial charge in [0.25, 0.3) is 0 Å². The molecule has 0 atom stereocenters. The lowest BCUT2D eigenvalue weighted by atomic mass is 10.2. The van der Waals surface area contributed by atoms with Crippen LogP contribution in [0.15, 0.2) is 54.7 Å². The fourth-order valence-corrected chi connectivity index (χ4v) is 2.28. The maximum Gasteiger partial charge on any atom is 0.337 e. The van der Waals surface area contributed by atoms with Gasteiger partial charge in [0.1, 0.15) is 5.75 Å². The summed E-state index contributed by atoms with van der Waals surface area (Å²) in [5.74, 6) is -0.170. The van der Waals surface area contributed by atoms with Crippen molar-refractivity contribution in [2.24, 2.45) is 0 Å². The highest BCUT2D eigenvalue weighted by Crippen LogP contribution is 2.29. The van der Waals surface area contributed by atoms with Gasteiger partial charge in [-0.15, -0.1) is 0 Å². The number of para-hydroxylation sites is 1. The molecule has 3 rings (SSSR count). The molecule has 0 radical (unpaired) electrons. The van der Waals surface area contributed by atoms with Gasteiger partial charge in [-0.05, 0) is 30.3 Å². The number of benzene rings is 2. The predicted octanol–water partition coefficient (Wildman–Crippen LogP) is 3.12. The number of methoxy groups -OCH3 is 1. The molecule has 0 bridgehead atoms. The van der Waals surface area contributed by atoms with Gasteiger partial charge in [0.05, 0.1) is 24.4 Å². The van der Waals surface area contributed by atoms with Crippen molar-refractivity contribution in [1.82, 2.24) is 4.57 Å². The van der Waals surface area contributed by atoms with Crippen LogP contribution in [0, 0.1) is 0 Å². The molecule has 3 aromatic rings. The summed E-state index contributed by atoms with van der Waals surface area (Å²) in [5.41, 5.74) is 2.15. The SMILES string of the molecule is COC(=O)c1cccc(-n2cc(O)c3ccccc32)c1. The average Bonchev–Trinajstić information content (AvgIpc) is 2.84. The molecule has 2 aromatic carbocycles.